The van der Waals surface area contributed by atoms with E-state index in [0.717, 1.165) is 0 Å². The summed E-state index contributed by atoms with van der Waals surface area (Å²) in [6.45, 7) is 0.586. The van der Waals surface area contributed by atoms with Gasteiger partial charge in [0.05, 0.1) is 38.9 Å². The number of pyridine rings is 2. The summed E-state index contributed by atoms with van der Waals surface area (Å²) in [5, 5.41) is 0.522. The SMILES string of the molecule is COc1cc2c(Oc3ccc(CC(=O)c4c5c(cn(-c6ccc(F)cc6)c4=O)CCO5)cc3F)ccnc2cc1OCCCN1CC(F)(F)C1. The molecule has 4 heterocycles. The molecule has 0 aliphatic carbocycles. The molecule has 7 rings (SSSR count). The van der Waals surface area contributed by atoms with Crippen LogP contribution >= 0.6 is 0 Å². The number of carbonyl (C=O) groups excluding carboxylic acids is 1. The van der Waals surface area contributed by atoms with Crippen LogP contribution in [0.1, 0.15) is 27.9 Å². The number of fused-ring (bicyclic) bond motifs is 2. The maximum atomic E-state index is 15.5. The quantitative estimate of drug-likeness (QED) is 0.0829. The van der Waals surface area contributed by atoms with Crippen molar-refractivity contribution < 1.29 is 41.3 Å². The molecule has 1 saturated heterocycles. The minimum absolute atomic E-state index is 0.104. The van der Waals surface area contributed by atoms with Crippen molar-refractivity contribution in [3.63, 3.8) is 0 Å². The second kappa shape index (κ2) is 13.5. The fraction of sp³-hybridized carbons (Fsp3) is 0.270. The minimum atomic E-state index is -2.61. The zero-order chi connectivity index (χ0) is 35.0. The summed E-state index contributed by atoms with van der Waals surface area (Å²) in [4.78, 5) is 33.1. The van der Waals surface area contributed by atoms with Gasteiger partial charge in [-0.25, -0.2) is 17.6 Å². The third-order valence-corrected chi connectivity index (χ3v) is 8.59. The number of aromatic nitrogens is 2. The number of hydrogen-bond acceptors (Lipinski definition) is 8. The van der Waals surface area contributed by atoms with Crippen LogP contribution in [-0.2, 0) is 12.8 Å². The maximum Gasteiger partial charge on any atom is 0.272 e. The number of likely N-dealkylation sites (tertiary alicyclic amines) is 1. The normalized spacial score (nSPS) is 14.9. The van der Waals surface area contributed by atoms with Gasteiger partial charge in [-0.2, -0.15) is 0 Å². The van der Waals surface area contributed by atoms with Gasteiger partial charge in [-0.3, -0.25) is 24.0 Å². The van der Waals surface area contributed by atoms with Crippen molar-refractivity contribution in [1.82, 2.24) is 14.5 Å². The molecule has 2 aliphatic heterocycles. The number of ketones is 1. The average molecular weight is 690 g/mol. The summed E-state index contributed by atoms with van der Waals surface area (Å²) in [6.07, 6.45) is 3.85. The fourth-order valence-electron chi connectivity index (χ4n) is 6.15. The first-order valence-corrected chi connectivity index (χ1v) is 15.9. The van der Waals surface area contributed by atoms with Crippen LogP contribution in [-0.4, -0.2) is 66.1 Å². The van der Waals surface area contributed by atoms with Crippen LogP contribution in [0.2, 0.25) is 0 Å². The highest BCUT2D eigenvalue weighted by atomic mass is 19.3. The summed E-state index contributed by atoms with van der Waals surface area (Å²) in [5.41, 5.74) is 1.11. The van der Waals surface area contributed by atoms with Crippen molar-refractivity contribution in [2.45, 2.75) is 25.2 Å². The Balaban J connectivity index is 1.07. The van der Waals surface area contributed by atoms with E-state index < -0.39 is 28.9 Å². The summed E-state index contributed by atoms with van der Waals surface area (Å²) >= 11 is 0. The van der Waals surface area contributed by atoms with Crippen molar-refractivity contribution in [1.29, 1.82) is 0 Å². The summed E-state index contributed by atoms with van der Waals surface area (Å²) in [7, 11) is 1.47. The topological polar surface area (TPSA) is 92.1 Å². The van der Waals surface area contributed by atoms with Crippen LogP contribution in [0.4, 0.5) is 17.6 Å². The van der Waals surface area contributed by atoms with Crippen molar-refractivity contribution in [3.05, 3.63) is 112 Å². The van der Waals surface area contributed by atoms with Gasteiger partial charge in [0.15, 0.2) is 28.8 Å². The van der Waals surface area contributed by atoms with E-state index in [9.17, 15) is 22.8 Å². The minimum Gasteiger partial charge on any atom is -0.493 e. The van der Waals surface area contributed by atoms with Gasteiger partial charge in [0.1, 0.15) is 22.9 Å². The van der Waals surface area contributed by atoms with E-state index in [1.165, 1.54) is 60.3 Å². The van der Waals surface area contributed by atoms with Gasteiger partial charge in [-0.05, 0) is 60.5 Å². The predicted molar refractivity (Wildman–Crippen MR) is 175 cm³/mol. The lowest BCUT2D eigenvalue weighted by Crippen LogP contribution is -2.56. The molecular formula is C37H31F4N3O6. The third kappa shape index (κ3) is 6.73. The number of hydrogen-bond donors (Lipinski definition) is 0. The first-order chi connectivity index (χ1) is 24.1. The largest absolute Gasteiger partial charge is 0.493 e. The van der Waals surface area contributed by atoms with Crippen molar-refractivity contribution in [3.8, 4) is 34.4 Å². The van der Waals surface area contributed by atoms with E-state index in [2.05, 4.69) is 4.98 Å². The van der Waals surface area contributed by atoms with Gasteiger partial charge < -0.3 is 18.9 Å². The molecule has 0 radical (unpaired) electrons. The van der Waals surface area contributed by atoms with Gasteiger partial charge >= 0.3 is 0 Å². The Kier molecular flexibility index (Phi) is 8.91. The second-order valence-corrected chi connectivity index (χ2v) is 12.2. The van der Waals surface area contributed by atoms with Crippen LogP contribution in [0.3, 0.4) is 0 Å². The van der Waals surface area contributed by atoms with E-state index >= 15 is 4.39 Å². The summed E-state index contributed by atoms with van der Waals surface area (Å²) < 4.78 is 79.4. The molecule has 13 heteroatoms. The third-order valence-electron chi connectivity index (χ3n) is 8.59. The van der Waals surface area contributed by atoms with Crippen LogP contribution in [0.15, 0.2) is 77.9 Å². The Morgan fingerprint density at radius 2 is 1.78 bits per heavy atom. The number of Topliss-reactive ketones (excluding diaryl/α,β-unsaturated/α-hetero) is 1. The zero-order valence-electron chi connectivity index (χ0n) is 26.9. The maximum absolute atomic E-state index is 15.5. The smallest absolute Gasteiger partial charge is 0.272 e. The monoisotopic (exact) mass is 689 g/mol. The molecule has 0 spiro atoms. The number of rotatable bonds is 12. The van der Waals surface area contributed by atoms with Gasteiger partial charge in [0.25, 0.3) is 11.5 Å². The Bertz CT molecular complexity index is 2150. The van der Waals surface area contributed by atoms with Crippen LogP contribution in [0.5, 0.6) is 28.7 Å². The van der Waals surface area contributed by atoms with E-state index in [-0.39, 0.29) is 43.2 Å². The number of ether oxygens (including phenoxy) is 4. The molecule has 0 amide bonds. The van der Waals surface area contributed by atoms with Crippen molar-refractivity contribution >= 4 is 16.7 Å². The molecule has 2 aromatic heterocycles. The highest BCUT2D eigenvalue weighted by Gasteiger charge is 2.43. The molecule has 2 aliphatic rings. The molecule has 5 aromatic rings. The molecular weight excluding hydrogens is 658 g/mol. The van der Waals surface area contributed by atoms with Gasteiger partial charge in [0, 0.05) is 54.5 Å². The van der Waals surface area contributed by atoms with Gasteiger partial charge in [-0.1, -0.05) is 6.07 Å². The molecule has 0 bridgehead atoms. The van der Waals surface area contributed by atoms with Crippen LogP contribution in [0.25, 0.3) is 16.6 Å². The number of alkyl halides is 2. The lowest BCUT2D eigenvalue weighted by atomic mass is 10.0. The Morgan fingerprint density at radius 1 is 0.980 bits per heavy atom. The standard InChI is InChI=1S/C37H31F4N3O6/c1-47-32-17-26-28(18-33(32)48-13-2-12-43-20-37(40,41)21-43)42-11-9-30(26)50-31-8-3-22(15-27(31)39)16-29(45)34-35-23(10-14-49-35)19-44(36(34)46)25-6-4-24(38)5-7-25/h3-9,11,15,17-19H,2,10,12-14,16,20-21H2,1H3. The van der Waals surface area contributed by atoms with E-state index in [0.29, 0.717) is 71.0 Å². The molecule has 1 fully saturated rings. The van der Waals surface area contributed by atoms with Crippen LogP contribution < -0.4 is 24.5 Å². The van der Waals surface area contributed by atoms with E-state index in [1.54, 1.807) is 29.3 Å². The Hall–Kier alpha value is -5.43. The molecule has 0 N–H and O–H groups in total. The average Bonchev–Trinajstić information content (AvgIpc) is 3.55. The second-order valence-electron chi connectivity index (χ2n) is 12.2. The number of nitrogens with zero attached hydrogens (tertiary/aromatic N) is 3. The number of benzene rings is 3. The zero-order valence-corrected chi connectivity index (χ0v) is 26.9. The van der Waals surface area contributed by atoms with Gasteiger partial charge in [0.2, 0.25) is 0 Å². The lowest BCUT2D eigenvalue weighted by molar-refractivity contribution is -0.130. The van der Waals surface area contributed by atoms with Crippen molar-refractivity contribution in [2.75, 3.05) is 40.0 Å². The Morgan fingerprint density at radius 3 is 2.52 bits per heavy atom. The molecule has 0 unspecified atom stereocenters. The molecule has 258 valence electrons. The molecule has 3 aromatic carbocycles. The molecule has 0 saturated carbocycles. The molecule has 50 heavy (non-hydrogen) atoms. The number of carbonyl (C=O) groups is 1. The highest BCUT2D eigenvalue weighted by Crippen LogP contribution is 2.38. The molecule has 9 nitrogen and oxygen atoms in total. The first-order valence-electron chi connectivity index (χ1n) is 15.9. The Labute approximate surface area is 283 Å². The summed E-state index contributed by atoms with van der Waals surface area (Å²) in [5.74, 6) is -3.16. The first kappa shape index (κ1) is 33.1. The fourth-order valence-corrected chi connectivity index (χ4v) is 6.15. The number of halogens is 4. The van der Waals surface area contributed by atoms with E-state index in [4.69, 9.17) is 18.9 Å². The van der Waals surface area contributed by atoms with Crippen molar-refractivity contribution in [2.24, 2.45) is 0 Å². The van der Waals surface area contributed by atoms with E-state index in [1.807, 2.05) is 0 Å². The number of methoxy groups -OCH3 is 1. The predicted octanol–water partition coefficient (Wildman–Crippen LogP) is 6.54. The van der Waals surface area contributed by atoms with Crippen LogP contribution in [0, 0.1) is 11.6 Å². The van der Waals surface area contributed by atoms with Gasteiger partial charge in [-0.15, -0.1) is 0 Å². The highest BCUT2D eigenvalue weighted by molar-refractivity contribution is 6.00. The summed E-state index contributed by atoms with van der Waals surface area (Å²) in [6, 6.07) is 14.4. The lowest BCUT2D eigenvalue weighted by Gasteiger charge is -2.38. The molecule has 0 atom stereocenters.